The van der Waals surface area contributed by atoms with Crippen molar-refractivity contribution in [1.29, 1.82) is 0 Å². The van der Waals surface area contributed by atoms with Crippen LogP contribution in [0.2, 0.25) is 10.0 Å². The molecule has 0 saturated carbocycles. The van der Waals surface area contributed by atoms with Gasteiger partial charge < -0.3 is 20.0 Å². The van der Waals surface area contributed by atoms with Crippen molar-refractivity contribution in [2.45, 2.75) is 38.6 Å². The molecule has 0 saturated heterocycles. The molecule has 28 heavy (non-hydrogen) atoms. The first-order valence-corrected chi connectivity index (χ1v) is 9.45. The van der Waals surface area contributed by atoms with Crippen molar-refractivity contribution >= 4 is 41.0 Å². The lowest BCUT2D eigenvalue weighted by Crippen LogP contribution is -2.51. The Hall–Kier alpha value is -1.83. The number of benzene rings is 1. The number of nitrogens with zero attached hydrogens (tertiary/aromatic N) is 2. The Morgan fingerprint density at radius 3 is 1.96 bits per heavy atom. The van der Waals surface area contributed by atoms with Crippen molar-refractivity contribution < 1.29 is 24.6 Å². The summed E-state index contributed by atoms with van der Waals surface area (Å²) in [6.45, 7) is 5.04. The summed E-state index contributed by atoms with van der Waals surface area (Å²) in [6, 6.07) is 5.00. The molecule has 0 aliphatic carbocycles. The van der Waals surface area contributed by atoms with Crippen LogP contribution < -0.4 is 0 Å². The second-order valence-corrected chi connectivity index (χ2v) is 7.71. The number of carbonyl (C=O) groups excluding carboxylic acids is 1. The molecule has 7 nitrogen and oxygen atoms in total. The summed E-state index contributed by atoms with van der Waals surface area (Å²) >= 11 is 11.9. The number of hydrogen-bond acceptors (Lipinski definition) is 4. The fourth-order valence-electron chi connectivity index (χ4n) is 2.43. The number of aliphatic carboxylic acids is 2. The van der Waals surface area contributed by atoms with Gasteiger partial charge in [0.2, 0.25) is 0 Å². The monoisotopic (exact) mass is 434 g/mol. The van der Waals surface area contributed by atoms with E-state index in [4.69, 9.17) is 43.0 Å². The standard InChI is InChI=1S/C17H26Cl2N2O.C2H2O4/c1-6-7-10-17(2,20(3)4)12-21(5)16(22)13-8-9-14(18)15(19)11-13;3-1(4)2(5)6/h8-9,11H,6-7,10,12H2,1-5H3;(H,3,4)(H,5,6). The Kier molecular flexibility index (Phi) is 11.1. The minimum atomic E-state index is -1.82. The smallest absolute Gasteiger partial charge is 0.414 e. The molecule has 1 aromatic carbocycles. The Morgan fingerprint density at radius 2 is 1.57 bits per heavy atom. The molecule has 158 valence electrons. The van der Waals surface area contributed by atoms with Gasteiger partial charge in [0.15, 0.2) is 0 Å². The summed E-state index contributed by atoms with van der Waals surface area (Å²) in [6.07, 6.45) is 3.34. The van der Waals surface area contributed by atoms with Gasteiger partial charge in [0.05, 0.1) is 10.0 Å². The van der Waals surface area contributed by atoms with Crippen molar-refractivity contribution in [2.75, 3.05) is 27.7 Å². The van der Waals surface area contributed by atoms with Crippen LogP contribution in [-0.4, -0.2) is 71.1 Å². The van der Waals surface area contributed by atoms with Crippen molar-refractivity contribution in [3.63, 3.8) is 0 Å². The lowest BCUT2D eigenvalue weighted by atomic mass is 9.92. The normalized spacial score (nSPS) is 12.6. The molecule has 0 radical (unpaired) electrons. The second-order valence-electron chi connectivity index (χ2n) is 6.90. The lowest BCUT2D eigenvalue weighted by molar-refractivity contribution is -0.159. The fourth-order valence-corrected chi connectivity index (χ4v) is 2.73. The summed E-state index contributed by atoms with van der Waals surface area (Å²) in [5.74, 6) is -3.69. The first kappa shape index (κ1) is 26.2. The van der Waals surface area contributed by atoms with Crippen LogP contribution in [0.4, 0.5) is 0 Å². The van der Waals surface area contributed by atoms with Crippen LogP contribution in [0.1, 0.15) is 43.5 Å². The van der Waals surface area contributed by atoms with Gasteiger partial charge in [-0.25, -0.2) is 9.59 Å². The van der Waals surface area contributed by atoms with E-state index < -0.39 is 11.9 Å². The van der Waals surface area contributed by atoms with Gasteiger partial charge in [-0.2, -0.15) is 0 Å². The highest BCUT2D eigenvalue weighted by molar-refractivity contribution is 6.42. The van der Waals surface area contributed by atoms with Gasteiger partial charge in [-0.05, 0) is 45.6 Å². The van der Waals surface area contributed by atoms with Gasteiger partial charge in [0, 0.05) is 24.7 Å². The largest absolute Gasteiger partial charge is 0.473 e. The van der Waals surface area contributed by atoms with Gasteiger partial charge in [0.1, 0.15) is 0 Å². The number of amides is 1. The quantitative estimate of drug-likeness (QED) is 0.634. The number of rotatable bonds is 7. The molecule has 0 aliphatic rings. The van der Waals surface area contributed by atoms with E-state index in [0.717, 1.165) is 19.3 Å². The van der Waals surface area contributed by atoms with E-state index in [1.165, 1.54) is 0 Å². The van der Waals surface area contributed by atoms with Crippen molar-refractivity contribution in [3.8, 4) is 0 Å². The summed E-state index contributed by atoms with van der Waals surface area (Å²) < 4.78 is 0. The molecular formula is C19H28Cl2N2O5. The summed E-state index contributed by atoms with van der Waals surface area (Å²) in [5.41, 5.74) is 0.518. The fraction of sp³-hybridized carbons (Fsp3) is 0.526. The molecule has 0 bridgehead atoms. The molecule has 1 atom stereocenters. The predicted molar refractivity (Wildman–Crippen MR) is 110 cm³/mol. The average molecular weight is 435 g/mol. The molecule has 0 heterocycles. The third kappa shape index (κ3) is 8.46. The first-order valence-electron chi connectivity index (χ1n) is 8.69. The van der Waals surface area contributed by atoms with E-state index in [9.17, 15) is 4.79 Å². The van der Waals surface area contributed by atoms with Crippen LogP contribution in [-0.2, 0) is 9.59 Å². The number of carboxylic acids is 2. The summed E-state index contributed by atoms with van der Waals surface area (Å²) in [7, 11) is 5.96. The van der Waals surface area contributed by atoms with Gasteiger partial charge in [-0.3, -0.25) is 4.79 Å². The van der Waals surface area contributed by atoms with Crippen LogP contribution in [0, 0.1) is 0 Å². The van der Waals surface area contributed by atoms with Crippen LogP contribution >= 0.6 is 23.2 Å². The zero-order valence-corrected chi connectivity index (χ0v) is 18.3. The van der Waals surface area contributed by atoms with E-state index >= 15 is 0 Å². The molecule has 2 N–H and O–H groups in total. The molecule has 0 aliphatic heterocycles. The highest BCUT2D eigenvalue weighted by Gasteiger charge is 2.29. The average Bonchev–Trinajstić information content (AvgIpc) is 2.61. The highest BCUT2D eigenvalue weighted by Crippen LogP contribution is 2.25. The third-order valence-electron chi connectivity index (χ3n) is 4.42. The van der Waals surface area contributed by atoms with Crippen LogP contribution in [0.15, 0.2) is 18.2 Å². The van der Waals surface area contributed by atoms with E-state index in [-0.39, 0.29) is 11.4 Å². The third-order valence-corrected chi connectivity index (χ3v) is 5.16. The zero-order valence-electron chi connectivity index (χ0n) is 16.8. The van der Waals surface area contributed by atoms with Gasteiger partial charge in [-0.1, -0.05) is 43.0 Å². The lowest BCUT2D eigenvalue weighted by Gasteiger charge is -2.39. The predicted octanol–water partition coefficient (Wildman–Crippen LogP) is 3.73. The van der Waals surface area contributed by atoms with Crippen molar-refractivity contribution in [2.24, 2.45) is 0 Å². The maximum absolute atomic E-state index is 12.6. The molecule has 9 heteroatoms. The van der Waals surface area contributed by atoms with E-state index in [1.54, 1.807) is 23.1 Å². The number of unbranched alkanes of at least 4 members (excludes halogenated alkanes) is 1. The van der Waals surface area contributed by atoms with E-state index in [2.05, 4.69) is 32.8 Å². The minimum absolute atomic E-state index is 0.0388. The van der Waals surface area contributed by atoms with Gasteiger partial charge in [0.25, 0.3) is 5.91 Å². The Morgan fingerprint density at radius 1 is 1.04 bits per heavy atom. The van der Waals surface area contributed by atoms with Gasteiger partial charge in [-0.15, -0.1) is 0 Å². The Balaban J connectivity index is 0.00000105. The van der Waals surface area contributed by atoms with E-state index in [0.29, 0.717) is 22.2 Å². The maximum atomic E-state index is 12.6. The second kappa shape index (κ2) is 11.9. The Bertz CT molecular complexity index is 685. The number of carbonyl (C=O) groups is 3. The van der Waals surface area contributed by atoms with Crippen LogP contribution in [0.25, 0.3) is 0 Å². The SMILES string of the molecule is CCCCC(C)(CN(C)C(=O)c1ccc(Cl)c(Cl)c1)N(C)C.O=C(O)C(=O)O. The Labute approximate surface area is 175 Å². The number of likely N-dealkylation sites (N-methyl/N-ethyl adjacent to an activating group) is 2. The number of halogens is 2. The first-order chi connectivity index (χ1) is 12.9. The minimum Gasteiger partial charge on any atom is -0.473 e. The van der Waals surface area contributed by atoms with Gasteiger partial charge >= 0.3 is 11.9 Å². The summed E-state index contributed by atoms with van der Waals surface area (Å²) in [4.78, 5) is 34.7. The zero-order chi connectivity index (χ0) is 22.1. The van der Waals surface area contributed by atoms with Crippen molar-refractivity contribution in [3.05, 3.63) is 33.8 Å². The molecule has 1 unspecified atom stereocenters. The maximum Gasteiger partial charge on any atom is 0.414 e. The molecule has 0 aromatic heterocycles. The molecule has 0 spiro atoms. The number of hydrogen-bond donors (Lipinski definition) is 2. The molecular weight excluding hydrogens is 407 g/mol. The highest BCUT2D eigenvalue weighted by atomic mass is 35.5. The van der Waals surface area contributed by atoms with E-state index in [1.807, 2.05) is 7.05 Å². The van der Waals surface area contributed by atoms with Crippen LogP contribution in [0.5, 0.6) is 0 Å². The number of carboxylic acid groups (broad SMARTS) is 2. The topological polar surface area (TPSA) is 98.2 Å². The molecule has 1 rings (SSSR count). The molecule has 0 fully saturated rings. The molecule has 1 amide bonds. The van der Waals surface area contributed by atoms with Crippen molar-refractivity contribution in [1.82, 2.24) is 9.80 Å². The van der Waals surface area contributed by atoms with Crippen LogP contribution in [0.3, 0.4) is 0 Å². The molecule has 1 aromatic rings. The summed E-state index contributed by atoms with van der Waals surface area (Å²) in [5, 5.41) is 15.6.